The molecule has 6 nitrogen and oxygen atoms in total. The van der Waals surface area contributed by atoms with Crippen LogP contribution in [0, 0.1) is 0 Å². The minimum absolute atomic E-state index is 0. The Hall–Kier alpha value is -0.870. The average Bonchev–Trinajstić information content (AvgIpc) is 3.20. The minimum Gasteiger partial charge on any atom is -0.497 e. The number of halogens is 1. The highest BCUT2D eigenvalue weighted by atomic mass is 127. The second kappa shape index (κ2) is 12.9. The number of aliphatic imine (C=N–C) groups is 1. The number of thioether (sulfide) groups is 1. The lowest BCUT2D eigenvalue weighted by Crippen LogP contribution is -2.47. The maximum absolute atomic E-state index is 5.25. The van der Waals surface area contributed by atoms with E-state index in [1.807, 2.05) is 19.2 Å². The molecule has 2 saturated heterocycles. The van der Waals surface area contributed by atoms with Gasteiger partial charge in [0.15, 0.2) is 5.96 Å². The summed E-state index contributed by atoms with van der Waals surface area (Å²) in [5.74, 6) is 3.14. The maximum Gasteiger partial charge on any atom is 0.191 e. The highest BCUT2D eigenvalue weighted by molar-refractivity contribution is 14.0. The van der Waals surface area contributed by atoms with Crippen molar-refractivity contribution in [2.75, 3.05) is 70.6 Å². The number of ether oxygens (including phenoxy) is 1. The molecule has 2 fully saturated rings. The van der Waals surface area contributed by atoms with E-state index in [4.69, 9.17) is 4.74 Å². The van der Waals surface area contributed by atoms with Crippen LogP contribution in [0.25, 0.3) is 0 Å². The van der Waals surface area contributed by atoms with E-state index in [9.17, 15) is 0 Å². The van der Waals surface area contributed by atoms with Crippen molar-refractivity contribution in [1.82, 2.24) is 15.5 Å². The summed E-state index contributed by atoms with van der Waals surface area (Å²) in [4.78, 5) is 9.40. The standard InChI is InChI=1S/C22H37N5OS.HI/c1-22(10-4-17-29-22)18-25-21(23-2)24-11-5-12-26-13-15-27(16-14-26)19-6-8-20(28-3)9-7-19;/h6-9H,4-5,10-18H2,1-3H3,(H2,23,24,25);1H. The Balaban J connectivity index is 0.00000320. The molecule has 3 rings (SSSR count). The molecule has 170 valence electrons. The van der Waals surface area contributed by atoms with Gasteiger partial charge in [0.25, 0.3) is 0 Å². The molecule has 1 unspecified atom stereocenters. The van der Waals surface area contributed by atoms with Crippen LogP contribution in [-0.2, 0) is 0 Å². The third-order valence-corrected chi connectivity index (χ3v) is 7.45. The topological polar surface area (TPSA) is 52.1 Å². The molecule has 2 N–H and O–H groups in total. The monoisotopic (exact) mass is 547 g/mol. The second-order valence-electron chi connectivity index (χ2n) is 8.13. The summed E-state index contributed by atoms with van der Waals surface area (Å²) in [6.07, 6.45) is 3.76. The smallest absolute Gasteiger partial charge is 0.191 e. The predicted molar refractivity (Wildman–Crippen MR) is 141 cm³/mol. The van der Waals surface area contributed by atoms with Gasteiger partial charge in [-0.3, -0.25) is 9.89 Å². The predicted octanol–water partition coefficient (Wildman–Crippen LogP) is 3.28. The van der Waals surface area contributed by atoms with Gasteiger partial charge in [-0.25, -0.2) is 0 Å². The van der Waals surface area contributed by atoms with Crippen molar-refractivity contribution in [3.8, 4) is 5.75 Å². The molecule has 1 atom stereocenters. The van der Waals surface area contributed by atoms with Crippen LogP contribution in [0.5, 0.6) is 5.75 Å². The molecular weight excluding hydrogens is 509 g/mol. The van der Waals surface area contributed by atoms with E-state index in [-0.39, 0.29) is 24.0 Å². The normalized spacial score (nSPS) is 22.5. The fraction of sp³-hybridized carbons (Fsp3) is 0.682. The molecule has 0 spiro atoms. The number of nitrogens with one attached hydrogen (secondary N) is 2. The Kier molecular flexibility index (Phi) is 10.9. The lowest BCUT2D eigenvalue weighted by atomic mass is 10.1. The third kappa shape index (κ3) is 7.67. The Bertz CT molecular complexity index is 643. The fourth-order valence-electron chi connectivity index (χ4n) is 4.00. The zero-order valence-electron chi connectivity index (χ0n) is 18.7. The van der Waals surface area contributed by atoms with Gasteiger partial charge >= 0.3 is 0 Å². The SMILES string of the molecule is CN=C(NCCCN1CCN(c2ccc(OC)cc2)CC1)NCC1(C)CCCS1.I. The Morgan fingerprint density at radius 2 is 1.90 bits per heavy atom. The second-order valence-corrected chi connectivity index (χ2v) is 9.82. The number of hydrogen-bond acceptors (Lipinski definition) is 5. The number of benzene rings is 1. The van der Waals surface area contributed by atoms with Gasteiger partial charge in [-0.1, -0.05) is 0 Å². The van der Waals surface area contributed by atoms with Gasteiger partial charge in [0.05, 0.1) is 7.11 Å². The van der Waals surface area contributed by atoms with Crippen molar-refractivity contribution in [2.24, 2.45) is 4.99 Å². The van der Waals surface area contributed by atoms with Gasteiger partial charge < -0.3 is 20.3 Å². The number of guanidine groups is 1. The van der Waals surface area contributed by atoms with E-state index >= 15 is 0 Å². The van der Waals surface area contributed by atoms with Crippen LogP contribution in [-0.4, -0.2) is 81.3 Å². The lowest BCUT2D eigenvalue weighted by Gasteiger charge is -2.36. The zero-order valence-corrected chi connectivity index (χ0v) is 21.8. The third-order valence-electron chi connectivity index (χ3n) is 5.91. The quantitative estimate of drug-likeness (QED) is 0.226. The molecule has 8 heteroatoms. The molecule has 2 aliphatic heterocycles. The van der Waals surface area contributed by atoms with Crippen LogP contribution in [0.4, 0.5) is 5.69 Å². The lowest BCUT2D eigenvalue weighted by molar-refractivity contribution is 0.255. The molecule has 0 bridgehead atoms. The first kappa shape index (κ1) is 25.4. The molecule has 0 radical (unpaired) electrons. The van der Waals surface area contributed by atoms with Crippen molar-refractivity contribution in [1.29, 1.82) is 0 Å². The summed E-state index contributed by atoms with van der Waals surface area (Å²) in [5, 5.41) is 6.99. The molecule has 2 aliphatic rings. The molecule has 2 heterocycles. The van der Waals surface area contributed by atoms with Crippen LogP contribution in [0.3, 0.4) is 0 Å². The molecule has 0 amide bonds. The van der Waals surface area contributed by atoms with Gasteiger partial charge in [0.1, 0.15) is 5.75 Å². The highest BCUT2D eigenvalue weighted by Crippen LogP contribution is 2.36. The summed E-state index contributed by atoms with van der Waals surface area (Å²) < 4.78 is 5.61. The van der Waals surface area contributed by atoms with E-state index in [1.54, 1.807) is 7.11 Å². The number of methoxy groups -OCH3 is 1. The summed E-state index contributed by atoms with van der Waals surface area (Å²) in [6, 6.07) is 8.39. The number of hydrogen-bond donors (Lipinski definition) is 2. The van der Waals surface area contributed by atoms with Crippen molar-refractivity contribution in [2.45, 2.75) is 30.9 Å². The average molecular weight is 548 g/mol. The Labute approximate surface area is 203 Å². The molecular formula is C22H38IN5OS. The van der Waals surface area contributed by atoms with E-state index in [0.717, 1.165) is 63.9 Å². The number of rotatable bonds is 8. The fourth-order valence-corrected chi connectivity index (χ4v) is 5.24. The van der Waals surface area contributed by atoms with E-state index in [1.165, 1.54) is 24.3 Å². The number of nitrogens with zero attached hydrogens (tertiary/aromatic N) is 3. The summed E-state index contributed by atoms with van der Waals surface area (Å²) in [6.45, 7) is 9.85. The van der Waals surface area contributed by atoms with E-state index in [0.29, 0.717) is 4.75 Å². The minimum atomic E-state index is 0. The summed E-state index contributed by atoms with van der Waals surface area (Å²) in [7, 11) is 3.57. The molecule has 1 aromatic rings. The molecule has 1 aromatic carbocycles. The van der Waals surface area contributed by atoms with Gasteiger partial charge in [-0.05, 0) is 62.7 Å². The molecule has 0 aromatic heterocycles. The van der Waals surface area contributed by atoms with E-state index < -0.39 is 0 Å². The Morgan fingerprint density at radius 3 is 2.50 bits per heavy atom. The van der Waals surface area contributed by atoms with Gasteiger partial charge in [-0.15, -0.1) is 24.0 Å². The van der Waals surface area contributed by atoms with Crippen molar-refractivity contribution in [3.63, 3.8) is 0 Å². The van der Waals surface area contributed by atoms with Crippen LogP contribution in [0.1, 0.15) is 26.2 Å². The van der Waals surface area contributed by atoms with Crippen molar-refractivity contribution < 1.29 is 4.74 Å². The van der Waals surface area contributed by atoms with Crippen LogP contribution >= 0.6 is 35.7 Å². The number of piperazine rings is 1. The largest absolute Gasteiger partial charge is 0.497 e. The van der Waals surface area contributed by atoms with Crippen molar-refractivity contribution in [3.05, 3.63) is 24.3 Å². The van der Waals surface area contributed by atoms with Crippen LogP contribution < -0.4 is 20.3 Å². The van der Waals surface area contributed by atoms with Gasteiger partial charge in [0.2, 0.25) is 0 Å². The van der Waals surface area contributed by atoms with Crippen LogP contribution in [0.2, 0.25) is 0 Å². The highest BCUT2D eigenvalue weighted by Gasteiger charge is 2.29. The molecule has 30 heavy (non-hydrogen) atoms. The number of anilines is 1. The van der Waals surface area contributed by atoms with Gasteiger partial charge in [0, 0.05) is 56.8 Å². The van der Waals surface area contributed by atoms with Crippen LogP contribution in [0.15, 0.2) is 29.3 Å². The first-order valence-corrected chi connectivity index (χ1v) is 11.8. The Morgan fingerprint density at radius 1 is 1.17 bits per heavy atom. The zero-order chi connectivity index (χ0) is 20.5. The van der Waals surface area contributed by atoms with Gasteiger partial charge in [-0.2, -0.15) is 11.8 Å². The summed E-state index contributed by atoms with van der Waals surface area (Å²) in [5.41, 5.74) is 1.29. The summed E-state index contributed by atoms with van der Waals surface area (Å²) >= 11 is 2.08. The maximum atomic E-state index is 5.25. The first-order valence-electron chi connectivity index (χ1n) is 10.8. The molecule has 0 saturated carbocycles. The van der Waals surface area contributed by atoms with Crippen molar-refractivity contribution >= 4 is 47.4 Å². The first-order chi connectivity index (χ1) is 14.1. The molecule has 0 aliphatic carbocycles. The van der Waals surface area contributed by atoms with E-state index in [2.05, 4.69) is 56.2 Å².